The number of hydrogen-bond acceptors (Lipinski definition) is 6. The van der Waals surface area contributed by atoms with Gasteiger partial charge in [-0.2, -0.15) is 4.98 Å². The molecule has 4 rings (SSSR count). The van der Waals surface area contributed by atoms with Gasteiger partial charge in [0, 0.05) is 0 Å². The van der Waals surface area contributed by atoms with Crippen LogP contribution in [0, 0.1) is 5.92 Å². The zero-order valence-electron chi connectivity index (χ0n) is 13.9. The minimum atomic E-state index is -0.391. The zero-order valence-corrected chi connectivity index (χ0v) is 13.9. The van der Waals surface area contributed by atoms with Crippen molar-refractivity contribution in [1.82, 2.24) is 15.0 Å². The van der Waals surface area contributed by atoms with Crippen LogP contribution in [0.2, 0.25) is 0 Å². The van der Waals surface area contributed by atoms with Crippen LogP contribution in [0.4, 0.5) is 0 Å². The third kappa shape index (κ3) is 3.65. The number of aliphatic hydroxyl groups excluding tert-OH is 1. The molecule has 2 aromatic heterocycles. The van der Waals surface area contributed by atoms with E-state index >= 15 is 0 Å². The van der Waals surface area contributed by atoms with Crippen molar-refractivity contribution in [2.75, 3.05) is 13.1 Å². The van der Waals surface area contributed by atoms with Crippen LogP contribution in [0.5, 0.6) is 0 Å². The Labute approximate surface area is 146 Å². The molecule has 1 saturated heterocycles. The van der Waals surface area contributed by atoms with Crippen LogP contribution in [0.3, 0.4) is 0 Å². The quantitative estimate of drug-likeness (QED) is 0.769. The number of aliphatic hydroxyl groups is 1. The first kappa shape index (κ1) is 16.1. The number of furan rings is 1. The first-order valence-electron chi connectivity index (χ1n) is 8.61. The van der Waals surface area contributed by atoms with Gasteiger partial charge in [-0.25, -0.2) is 0 Å². The van der Waals surface area contributed by atoms with Gasteiger partial charge in [-0.3, -0.25) is 4.90 Å². The van der Waals surface area contributed by atoms with E-state index in [4.69, 9.17) is 8.94 Å². The molecule has 6 heteroatoms. The molecular formula is C19H21N3O3. The van der Waals surface area contributed by atoms with Crippen molar-refractivity contribution in [2.24, 2.45) is 5.92 Å². The lowest BCUT2D eigenvalue weighted by Gasteiger charge is -2.33. The van der Waals surface area contributed by atoms with Gasteiger partial charge in [0.2, 0.25) is 11.7 Å². The lowest BCUT2D eigenvalue weighted by Crippen LogP contribution is -2.35. The second kappa shape index (κ2) is 7.21. The number of hydrogen-bond donors (Lipinski definition) is 1. The molecule has 1 aliphatic heterocycles. The van der Waals surface area contributed by atoms with Crippen molar-refractivity contribution in [1.29, 1.82) is 0 Å². The van der Waals surface area contributed by atoms with E-state index in [0.29, 0.717) is 29.9 Å². The second-order valence-electron chi connectivity index (χ2n) is 6.46. The molecule has 0 radical (unpaired) electrons. The fourth-order valence-corrected chi connectivity index (χ4v) is 3.37. The molecular weight excluding hydrogens is 318 g/mol. The molecule has 0 spiro atoms. The highest BCUT2D eigenvalue weighted by molar-refractivity contribution is 5.44. The topological polar surface area (TPSA) is 75.5 Å². The predicted molar refractivity (Wildman–Crippen MR) is 91.4 cm³/mol. The Hall–Kier alpha value is -2.44. The first-order valence-corrected chi connectivity index (χ1v) is 8.61. The molecule has 3 aromatic rings. The smallest absolute Gasteiger partial charge is 0.241 e. The van der Waals surface area contributed by atoms with Crippen molar-refractivity contribution < 1.29 is 14.0 Å². The summed E-state index contributed by atoms with van der Waals surface area (Å²) in [5.41, 5.74) is 1.00. The van der Waals surface area contributed by atoms with E-state index in [1.54, 1.807) is 12.3 Å². The fraction of sp³-hybridized carbons (Fsp3) is 0.368. The lowest BCUT2D eigenvalue weighted by atomic mass is 9.87. The molecule has 1 N–H and O–H groups in total. The summed E-state index contributed by atoms with van der Waals surface area (Å²) in [5.74, 6) is 1.97. The van der Waals surface area contributed by atoms with Crippen LogP contribution in [0.25, 0.3) is 11.6 Å². The summed E-state index contributed by atoms with van der Waals surface area (Å²) < 4.78 is 10.6. The minimum absolute atomic E-state index is 0.292. The molecule has 6 nitrogen and oxygen atoms in total. The molecule has 0 aliphatic carbocycles. The molecule has 1 fully saturated rings. The summed E-state index contributed by atoms with van der Waals surface area (Å²) in [4.78, 5) is 6.67. The largest absolute Gasteiger partial charge is 0.461 e. The van der Waals surface area contributed by atoms with Gasteiger partial charge in [0.25, 0.3) is 0 Å². The van der Waals surface area contributed by atoms with E-state index in [0.717, 1.165) is 31.5 Å². The van der Waals surface area contributed by atoms with E-state index in [2.05, 4.69) is 15.0 Å². The maximum Gasteiger partial charge on any atom is 0.241 e. The second-order valence-corrected chi connectivity index (χ2v) is 6.46. The Kier molecular flexibility index (Phi) is 4.63. The van der Waals surface area contributed by atoms with E-state index in [1.165, 1.54) is 0 Å². The summed E-state index contributed by atoms with van der Waals surface area (Å²) >= 11 is 0. The molecule has 3 heterocycles. The van der Waals surface area contributed by atoms with Crippen molar-refractivity contribution >= 4 is 0 Å². The molecule has 0 amide bonds. The molecule has 25 heavy (non-hydrogen) atoms. The molecule has 1 unspecified atom stereocenters. The number of aromatic nitrogens is 2. The van der Waals surface area contributed by atoms with E-state index in [1.807, 2.05) is 36.4 Å². The van der Waals surface area contributed by atoms with Crippen LogP contribution in [0.1, 0.15) is 30.4 Å². The number of nitrogens with zero attached hydrogens (tertiary/aromatic N) is 3. The third-order valence-corrected chi connectivity index (χ3v) is 4.79. The highest BCUT2D eigenvalue weighted by Gasteiger charge is 2.27. The van der Waals surface area contributed by atoms with Crippen LogP contribution < -0.4 is 0 Å². The third-order valence-electron chi connectivity index (χ3n) is 4.79. The van der Waals surface area contributed by atoms with Gasteiger partial charge in [-0.15, -0.1) is 0 Å². The van der Waals surface area contributed by atoms with Gasteiger partial charge in [0.05, 0.1) is 18.9 Å². The Bertz CT molecular complexity index is 777. The van der Waals surface area contributed by atoms with Crippen molar-refractivity contribution in [3.05, 3.63) is 60.2 Å². The van der Waals surface area contributed by atoms with Gasteiger partial charge in [0.1, 0.15) is 0 Å². The number of piperidine rings is 1. The van der Waals surface area contributed by atoms with Crippen LogP contribution in [-0.4, -0.2) is 33.2 Å². The first-order chi connectivity index (χ1) is 12.3. The summed E-state index contributed by atoms with van der Waals surface area (Å²) in [6.45, 7) is 2.45. The Balaban J connectivity index is 1.32. The maximum atomic E-state index is 10.6. The summed E-state index contributed by atoms with van der Waals surface area (Å²) in [6.07, 6.45) is 3.11. The zero-order chi connectivity index (χ0) is 17.1. The van der Waals surface area contributed by atoms with E-state index in [-0.39, 0.29) is 0 Å². The summed E-state index contributed by atoms with van der Waals surface area (Å²) in [6, 6.07) is 13.5. The average molecular weight is 339 g/mol. The van der Waals surface area contributed by atoms with Crippen LogP contribution in [0.15, 0.2) is 57.7 Å². The lowest BCUT2D eigenvalue weighted by molar-refractivity contribution is 0.0538. The van der Waals surface area contributed by atoms with Crippen LogP contribution >= 0.6 is 0 Å². The van der Waals surface area contributed by atoms with Gasteiger partial charge in [-0.1, -0.05) is 35.5 Å². The minimum Gasteiger partial charge on any atom is -0.461 e. The van der Waals surface area contributed by atoms with Crippen molar-refractivity contribution in [2.45, 2.75) is 25.5 Å². The highest BCUT2D eigenvalue weighted by Crippen LogP contribution is 2.31. The Morgan fingerprint density at radius 1 is 1.12 bits per heavy atom. The van der Waals surface area contributed by atoms with E-state index < -0.39 is 6.10 Å². The Morgan fingerprint density at radius 2 is 1.92 bits per heavy atom. The molecule has 1 aromatic carbocycles. The van der Waals surface area contributed by atoms with Crippen molar-refractivity contribution in [3.8, 4) is 11.6 Å². The monoisotopic (exact) mass is 339 g/mol. The molecule has 0 bridgehead atoms. The molecule has 1 atom stereocenters. The van der Waals surface area contributed by atoms with Gasteiger partial charge < -0.3 is 14.0 Å². The maximum absolute atomic E-state index is 10.6. The fourth-order valence-electron chi connectivity index (χ4n) is 3.37. The molecule has 1 aliphatic rings. The molecule has 0 saturated carbocycles. The van der Waals surface area contributed by atoms with Gasteiger partial charge >= 0.3 is 0 Å². The van der Waals surface area contributed by atoms with Crippen molar-refractivity contribution in [3.63, 3.8) is 0 Å². The van der Waals surface area contributed by atoms with Gasteiger partial charge in [-0.05, 0) is 49.5 Å². The van der Waals surface area contributed by atoms with Gasteiger partial charge in [0.15, 0.2) is 5.76 Å². The summed E-state index contributed by atoms with van der Waals surface area (Å²) in [5, 5.41) is 14.5. The highest BCUT2D eigenvalue weighted by atomic mass is 16.5. The average Bonchev–Trinajstić information content (AvgIpc) is 3.34. The summed E-state index contributed by atoms with van der Waals surface area (Å²) in [7, 11) is 0. The standard InChI is InChI=1S/C19H21N3O3/c23-18(14-5-2-1-3-6-14)15-8-10-22(11-9-15)13-17-20-19(21-25-17)16-7-4-12-24-16/h1-7,12,15,18,23H,8-11,13H2. The predicted octanol–water partition coefficient (Wildman–Crippen LogP) is 3.28. The van der Waals surface area contributed by atoms with E-state index in [9.17, 15) is 5.11 Å². The normalized spacial score (nSPS) is 17.6. The number of benzene rings is 1. The molecule has 130 valence electrons. The SMILES string of the molecule is OC(c1ccccc1)C1CCN(Cc2nc(-c3ccco3)no2)CC1. The Morgan fingerprint density at radius 3 is 2.64 bits per heavy atom. The number of likely N-dealkylation sites (tertiary alicyclic amines) is 1. The van der Waals surface area contributed by atoms with Crippen LogP contribution in [-0.2, 0) is 6.54 Å². The number of rotatable bonds is 5.